The molecule has 2 atom stereocenters. The van der Waals surface area contributed by atoms with E-state index in [-0.39, 0.29) is 16.8 Å². The maximum Gasteiger partial charge on any atom is 0.337 e. The number of benzene rings is 1. The summed E-state index contributed by atoms with van der Waals surface area (Å²) in [6.45, 7) is 3.32. The molecule has 1 heterocycles. The number of ether oxygens (including phenoxy) is 2. The van der Waals surface area contributed by atoms with Crippen molar-refractivity contribution in [3.05, 3.63) is 23.8 Å². The molecule has 23 heavy (non-hydrogen) atoms. The average Bonchev–Trinajstić information content (AvgIpc) is 2.52. The van der Waals surface area contributed by atoms with Gasteiger partial charge < -0.3 is 20.1 Å². The number of alkyl halides is 1. The van der Waals surface area contributed by atoms with Crippen molar-refractivity contribution in [1.29, 1.82) is 0 Å². The van der Waals surface area contributed by atoms with E-state index in [9.17, 15) is 9.59 Å². The predicted octanol–water partition coefficient (Wildman–Crippen LogP) is 2.79. The van der Waals surface area contributed by atoms with Gasteiger partial charge in [0.15, 0.2) is 0 Å². The molecule has 7 heteroatoms. The summed E-state index contributed by atoms with van der Waals surface area (Å²) in [7, 11) is 1.34. The minimum absolute atomic E-state index is 0.124. The summed E-state index contributed by atoms with van der Waals surface area (Å²) >= 11 is 3.33. The second-order valence-corrected chi connectivity index (χ2v) is 6.38. The zero-order valence-corrected chi connectivity index (χ0v) is 14.8. The Kier molecular flexibility index (Phi) is 6.41. The van der Waals surface area contributed by atoms with E-state index in [1.807, 2.05) is 6.92 Å². The van der Waals surface area contributed by atoms with E-state index in [0.717, 1.165) is 13.0 Å². The first-order valence-electron chi connectivity index (χ1n) is 7.58. The zero-order valence-electron chi connectivity index (χ0n) is 13.2. The zero-order chi connectivity index (χ0) is 16.8. The third kappa shape index (κ3) is 4.68. The Labute approximate surface area is 144 Å². The van der Waals surface area contributed by atoms with Gasteiger partial charge in [-0.2, -0.15) is 0 Å². The number of hydrogen-bond acceptors (Lipinski definition) is 5. The van der Waals surface area contributed by atoms with Gasteiger partial charge in [0.05, 0.1) is 35.0 Å². The normalized spacial score (nSPS) is 17.8. The Morgan fingerprint density at radius 2 is 2.17 bits per heavy atom. The van der Waals surface area contributed by atoms with Gasteiger partial charge in [-0.05, 0) is 31.0 Å². The van der Waals surface area contributed by atoms with Gasteiger partial charge in [0.25, 0.3) is 0 Å². The number of esters is 1. The van der Waals surface area contributed by atoms with Crippen molar-refractivity contribution in [2.24, 2.45) is 0 Å². The van der Waals surface area contributed by atoms with Crippen molar-refractivity contribution in [3.63, 3.8) is 0 Å². The molecule has 1 fully saturated rings. The number of hydrogen-bond donors (Lipinski definition) is 2. The van der Waals surface area contributed by atoms with E-state index >= 15 is 0 Å². The maximum atomic E-state index is 12.1. The van der Waals surface area contributed by atoms with Crippen LogP contribution < -0.4 is 10.6 Å². The van der Waals surface area contributed by atoms with Crippen LogP contribution in [0.15, 0.2) is 18.2 Å². The van der Waals surface area contributed by atoms with Crippen LogP contribution in [0.5, 0.6) is 0 Å². The van der Waals surface area contributed by atoms with Crippen LogP contribution in [0.4, 0.5) is 11.4 Å². The lowest BCUT2D eigenvalue weighted by atomic mass is 10.1. The summed E-state index contributed by atoms with van der Waals surface area (Å²) in [6.07, 6.45) is 1.86. The van der Waals surface area contributed by atoms with Crippen molar-refractivity contribution in [2.45, 2.75) is 30.7 Å². The van der Waals surface area contributed by atoms with Crippen LogP contribution in [-0.2, 0) is 14.3 Å². The molecule has 126 valence electrons. The largest absolute Gasteiger partial charge is 0.465 e. The Balaban J connectivity index is 2.16. The lowest BCUT2D eigenvalue weighted by Gasteiger charge is -2.27. The van der Waals surface area contributed by atoms with Gasteiger partial charge in [-0.3, -0.25) is 4.79 Å². The van der Waals surface area contributed by atoms with Crippen LogP contribution in [0.1, 0.15) is 30.1 Å². The standard InChI is InChI=1S/C16H21BrN2O4/c1-3-12(17)15(20)19-13-5-4-10(16(21)22-2)8-14(13)18-9-11-6-7-23-11/h4-5,8,11-12,18H,3,6-7,9H2,1-2H3,(H,19,20)/t11-,12?/m0/s1. The Hall–Kier alpha value is -1.60. The van der Waals surface area contributed by atoms with Gasteiger partial charge >= 0.3 is 5.97 Å². The minimum Gasteiger partial charge on any atom is -0.465 e. The summed E-state index contributed by atoms with van der Waals surface area (Å²) in [6, 6.07) is 5.00. The second-order valence-electron chi connectivity index (χ2n) is 5.28. The van der Waals surface area contributed by atoms with Gasteiger partial charge in [0.2, 0.25) is 5.91 Å². The van der Waals surface area contributed by atoms with Crippen molar-refractivity contribution >= 4 is 39.2 Å². The van der Waals surface area contributed by atoms with Crippen molar-refractivity contribution in [2.75, 3.05) is 30.9 Å². The first-order valence-corrected chi connectivity index (χ1v) is 8.49. The smallest absolute Gasteiger partial charge is 0.337 e. The van der Waals surface area contributed by atoms with E-state index in [4.69, 9.17) is 9.47 Å². The van der Waals surface area contributed by atoms with Crippen LogP contribution in [0.25, 0.3) is 0 Å². The molecule has 1 amide bonds. The quantitative estimate of drug-likeness (QED) is 0.558. The molecule has 2 rings (SSSR count). The molecular formula is C16H21BrN2O4. The van der Waals surface area contributed by atoms with Crippen LogP contribution in [0.2, 0.25) is 0 Å². The highest BCUT2D eigenvalue weighted by Gasteiger charge is 2.20. The molecule has 0 aliphatic carbocycles. The summed E-state index contributed by atoms with van der Waals surface area (Å²) in [5, 5.41) is 6.10. The number of nitrogens with one attached hydrogen (secondary N) is 2. The number of rotatable bonds is 7. The molecule has 0 aromatic heterocycles. The maximum absolute atomic E-state index is 12.1. The van der Waals surface area contributed by atoms with Crippen molar-refractivity contribution < 1.29 is 19.1 Å². The topological polar surface area (TPSA) is 76.7 Å². The summed E-state index contributed by atoms with van der Waals surface area (Å²) in [4.78, 5) is 23.5. The van der Waals surface area contributed by atoms with Crippen molar-refractivity contribution in [1.82, 2.24) is 0 Å². The molecule has 2 N–H and O–H groups in total. The van der Waals surface area contributed by atoms with Crippen LogP contribution >= 0.6 is 15.9 Å². The highest BCUT2D eigenvalue weighted by Crippen LogP contribution is 2.26. The van der Waals surface area contributed by atoms with Crippen LogP contribution in [0.3, 0.4) is 0 Å². The molecular weight excluding hydrogens is 364 g/mol. The third-order valence-electron chi connectivity index (χ3n) is 3.66. The molecule has 0 bridgehead atoms. The summed E-state index contributed by atoms with van der Waals surface area (Å²) < 4.78 is 10.1. The van der Waals surface area contributed by atoms with Gasteiger partial charge in [0.1, 0.15) is 0 Å². The molecule has 1 aliphatic heterocycles. The highest BCUT2D eigenvalue weighted by molar-refractivity contribution is 9.10. The molecule has 1 aliphatic rings. The molecule has 1 aromatic rings. The van der Waals surface area contributed by atoms with Crippen LogP contribution in [-0.4, -0.2) is 43.1 Å². The van der Waals surface area contributed by atoms with E-state index in [1.165, 1.54) is 7.11 Å². The molecule has 1 saturated heterocycles. The second kappa shape index (κ2) is 8.31. The molecule has 0 saturated carbocycles. The lowest BCUT2D eigenvalue weighted by Crippen LogP contribution is -2.33. The van der Waals surface area contributed by atoms with Gasteiger partial charge in [-0.15, -0.1) is 0 Å². The fraction of sp³-hybridized carbons (Fsp3) is 0.500. The first kappa shape index (κ1) is 17.7. The molecule has 0 radical (unpaired) electrons. The Morgan fingerprint density at radius 1 is 1.43 bits per heavy atom. The number of carbonyl (C=O) groups excluding carboxylic acids is 2. The van der Waals surface area contributed by atoms with Gasteiger partial charge in [0, 0.05) is 13.2 Å². The molecule has 6 nitrogen and oxygen atoms in total. The van der Waals surface area contributed by atoms with Crippen molar-refractivity contribution in [3.8, 4) is 0 Å². The lowest BCUT2D eigenvalue weighted by molar-refractivity contribution is -0.115. The molecule has 0 spiro atoms. The number of halogens is 1. The van der Waals surface area contributed by atoms with E-state index in [2.05, 4.69) is 26.6 Å². The Morgan fingerprint density at radius 3 is 2.74 bits per heavy atom. The number of anilines is 2. The minimum atomic E-state index is -0.419. The molecule has 1 aromatic carbocycles. The van der Waals surface area contributed by atoms with E-state index < -0.39 is 5.97 Å². The summed E-state index contributed by atoms with van der Waals surface area (Å²) in [5.41, 5.74) is 1.72. The number of amides is 1. The van der Waals surface area contributed by atoms with Gasteiger partial charge in [-0.25, -0.2) is 4.79 Å². The monoisotopic (exact) mass is 384 g/mol. The first-order chi connectivity index (χ1) is 11.0. The Bertz CT molecular complexity index is 575. The highest BCUT2D eigenvalue weighted by atomic mass is 79.9. The van der Waals surface area contributed by atoms with Crippen LogP contribution in [0, 0.1) is 0 Å². The fourth-order valence-corrected chi connectivity index (χ4v) is 2.22. The van der Waals surface area contributed by atoms with E-state index in [1.54, 1.807) is 18.2 Å². The molecule has 1 unspecified atom stereocenters. The number of methoxy groups -OCH3 is 1. The average molecular weight is 385 g/mol. The summed E-state index contributed by atoms with van der Waals surface area (Å²) in [5.74, 6) is -0.543. The van der Waals surface area contributed by atoms with Gasteiger partial charge in [-0.1, -0.05) is 22.9 Å². The predicted molar refractivity (Wildman–Crippen MR) is 92.3 cm³/mol. The SMILES string of the molecule is CCC(Br)C(=O)Nc1ccc(C(=O)OC)cc1NC[C@@H]1CCO1. The third-order valence-corrected chi connectivity index (χ3v) is 4.72. The number of carbonyl (C=O) groups is 2. The van der Waals surface area contributed by atoms with E-state index in [0.29, 0.717) is 29.9 Å². The fourth-order valence-electron chi connectivity index (χ4n) is 2.11.